The molecule has 0 unspecified atom stereocenters. The average Bonchev–Trinajstić information content (AvgIpc) is 2.55. The predicted molar refractivity (Wildman–Crippen MR) is 87.4 cm³/mol. The van der Waals surface area contributed by atoms with Crippen LogP contribution in [-0.4, -0.2) is 15.8 Å². The largest absolute Gasteiger partial charge is 0.322 e. The molecule has 126 valence electrons. The smallest absolute Gasteiger partial charge is 0.306 e. The number of amides is 1. The van der Waals surface area contributed by atoms with Crippen molar-refractivity contribution in [1.29, 1.82) is 0 Å². The topological polar surface area (TPSA) is 85.1 Å². The molecule has 0 atom stereocenters. The first-order valence-corrected chi connectivity index (χ1v) is 7.17. The minimum absolute atomic E-state index is 0.0721. The van der Waals surface area contributed by atoms with Crippen LogP contribution in [0.15, 0.2) is 42.5 Å². The third kappa shape index (κ3) is 3.27. The molecule has 0 spiro atoms. The van der Waals surface area contributed by atoms with Gasteiger partial charge in [0, 0.05) is 28.9 Å². The van der Waals surface area contributed by atoms with Crippen LogP contribution in [0.4, 0.5) is 20.2 Å². The Labute approximate surface area is 140 Å². The number of nitrogens with one attached hydrogen (secondary N) is 1. The maximum atomic E-state index is 13.4. The number of carbonyl (C=O) groups excluding carboxylic acids is 1. The number of halogens is 2. The van der Waals surface area contributed by atoms with Crippen molar-refractivity contribution in [1.82, 2.24) is 4.98 Å². The third-order valence-corrected chi connectivity index (χ3v) is 3.55. The van der Waals surface area contributed by atoms with Gasteiger partial charge in [-0.1, -0.05) is 0 Å². The first kappa shape index (κ1) is 16.4. The van der Waals surface area contributed by atoms with E-state index in [0.717, 1.165) is 12.1 Å². The molecule has 0 fully saturated rings. The monoisotopic (exact) mass is 343 g/mol. The normalized spacial score (nSPS) is 10.7. The summed E-state index contributed by atoms with van der Waals surface area (Å²) in [5.41, 5.74) is 0.386. The minimum atomic E-state index is -0.997. The van der Waals surface area contributed by atoms with Gasteiger partial charge in [-0.15, -0.1) is 0 Å². The van der Waals surface area contributed by atoms with Crippen molar-refractivity contribution < 1.29 is 18.5 Å². The van der Waals surface area contributed by atoms with Crippen LogP contribution in [0.3, 0.4) is 0 Å². The Morgan fingerprint density at radius 3 is 2.64 bits per heavy atom. The van der Waals surface area contributed by atoms with Gasteiger partial charge in [-0.2, -0.15) is 4.39 Å². The molecule has 2 aromatic carbocycles. The Morgan fingerprint density at radius 2 is 1.92 bits per heavy atom. The number of hydrogen-bond donors (Lipinski definition) is 1. The highest BCUT2D eigenvalue weighted by Crippen LogP contribution is 2.24. The number of hydrogen-bond acceptors (Lipinski definition) is 4. The van der Waals surface area contributed by atoms with Gasteiger partial charge in [0.15, 0.2) is 0 Å². The van der Waals surface area contributed by atoms with E-state index in [4.69, 9.17) is 0 Å². The van der Waals surface area contributed by atoms with Crippen molar-refractivity contribution >= 4 is 28.2 Å². The van der Waals surface area contributed by atoms with Gasteiger partial charge in [0.2, 0.25) is 5.82 Å². The Morgan fingerprint density at radius 1 is 1.16 bits per heavy atom. The van der Waals surface area contributed by atoms with Crippen LogP contribution in [0, 0.1) is 28.7 Å². The van der Waals surface area contributed by atoms with Crippen LogP contribution < -0.4 is 5.32 Å². The van der Waals surface area contributed by atoms with Gasteiger partial charge in [-0.05, 0) is 37.3 Å². The maximum absolute atomic E-state index is 13.4. The van der Waals surface area contributed by atoms with E-state index in [1.807, 2.05) is 0 Å². The van der Waals surface area contributed by atoms with Gasteiger partial charge >= 0.3 is 5.69 Å². The van der Waals surface area contributed by atoms with E-state index in [1.165, 1.54) is 30.3 Å². The quantitative estimate of drug-likeness (QED) is 0.576. The number of rotatable bonds is 3. The van der Waals surface area contributed by atoms with Crippen molar-refractivity contribution in [2.45, 2.75) is 6.92 Å². The summed E-state index contributed by atoms with van der Waals surface area (Å²) >= 11 is 0. The van der Waals surface area contributed by atoms with E-state index in [0.29, 0.717) is 16.6 Å². The number of aromatic nitrogens is 1. The number of anilines is 1. The van der Waals surface area contributed by atoms with E-state index < -0.39 is 28.2 Å². The highest BCUT2D eigenvalue weighted by Gasteiger charge is 2.17. The lowest BCUT2D eigenvalue weighted by atomic mass is 10.1. The number of benzene rings is 2. The number of nitrogens with zero attached hydrogens (tertiary/aromatic N) is 2. The lowest BCUT2D eigenvalue weighted by molar-refractivity contribution is -0.387. The molecule has 25 heavy (non-hydrogen) atoms. The fraction of sp³-hybridized carbons (Fsp3) is 0.0588. The summed E-state index contributed by atoms with van der Waals surface area (Å²) in [6.07, 6.45) is 0. The number of fused-ring (bicyclic) bond motifs is 1. The van der Waals surface area contributed by atoms with Crippen molar-refractivity contribution in [3.63, 3.8) is 0 Å². The highest BCUT2D eigenvalue weighted by molar-refractivity contribution is 6.12. The van der Waals surface area contributed by atoms with E-state index in [9.17, 15) is 23.7 Å². The summed E-state index contributed by atoms with van der Waals surface area (Å²) in [5.74, 6) is -2.04. The number of nitro benzene ring substituents is 1. The summed E-state index contributed by atoms with van der Waals surface area (Å²) in [4.78, 5) is 26.6. The van der Waals surface area contributed by atoms with Gasteiger partial charge in [0.1, 0.15) is 5.82 Å². The van der Waals surface area contributed by atoms with Crippen molar-refractivity contribution in [3.05, 3.63) is 75.5 Å². The Hall–Kier alpha value is -3.42. The lowest BCUT2D eigenvalue weighted by Gasteiger charge is -2.09. The molecule has 3 rings (SSSR count). The number of pyridine rings is 1. The van der Waals surface area contributed by atoms with Gasteiger partial charge in [0.05, 0.1) is 16.0 Å². The maximum Gasteiger partial charge on any atom is 0.306 e. The van der Waals surface area contributed by atoms with Gasteiger partial charge in [-0.25, -0.2) is 4.39 Å². The molecule has 6 nitrogen and oxygen atoms in total. The van der Waals surface area contributed by atoms with E-state index in [1.54, 1.807) is 6.92 Å². The molecular weight excluding hydrogens is 332 g/mol. The molecule has 1 N–H and O–H groups in total. The molecule has 1 amide bonds. The van der Waals surface area contributed by atoms with Gasteiger partial charge in [0.25, 0.3) is 5.91 Å². The van der Waals surface area contributed by atoms with Crippen LogP contribution in [-0.2, 0) is 0 Å². The zero-order valence-corrected chi connectivity index (χ0v) is 12.9. The molecule has 0 bridgehead atoms. The molecule has 0 aliphatic carbocycles. The van der Waals surface area contributed by atoms with E-state index in [-0.39, 0.29) is 11.3 Å². The standard InChI is InChI=1S/C17H11F2N3O3/c1-9-6-13(12-4-2-10(18)7-15(12)20-9)17(23)21-11-3-5-14(19)16(8-11)22(24)25/h2-8H,1H3,(H,21,23). The summed E-state index contributed by atoms with van der Waals surface area (Å²) in [7, 11) is 0. The number of nitro groups is 1. The molecule has 1 aromatic heterocycles. The first-order valence-electron chi connectivity index (χ1n) is 7.17. The Bertz CT molecular complexity index is 1020. The van der Waals surface area contributed by atoms with Crippen LogP contribution in [0.1, 0.15) is 16.1 Å². The molecule has 8 heteroatoms. The van der Waals surface area contributed by atoms with Crippen LogP contribution in [0.5, 0.6) is 0 Å². The van der Waals surface area contributed by atoms with Crippen molar-refractivity contribution in [3.8, 4) is 0 Å². The summed E-state index contributed by atoms with van der Waals surface area (Å²) < 4.78 is 26.7. The summed E-state index contributed by atoms with van der Waals surface area (Å²) in [6.45, 7) is 1.66. The average molecular weight is 343 g/mol. The molecular formula is C17H11F2N3O3. The van der Waals surface area contributed by atoms with E-state index in [2.05, 4.69) is 10.3 Å². The molecule has 0 radical (unpaired) electrons. The Kier molecular flexibility index (Phi) is 4.10. The SMILES string of the molecule is Cc1cc(C(=O)Nc2ccc(F)c([N+](=O)[O-])c2)c2ccc(F)cc2n1. The molecule has 0 aliphatic heterocycles. The van der Waals surface area contributed by atoms with Gasteiger partial charge < -0.3 is 5.32 Å². The fourth-order valence-corrected chi connectivity index (χ4v) is 2.45. The minimum Gasteiger partial charge on any atom is -0.322 e. The molecule has 3 aromatic rings. The second-order valence-corrected chi connectivity index (χ2v) is 5.35. The molecule has 0 saturated heterocycles. The molecule has 0 saturated carbocycles. The lowest BCUT2D eigenvalue weighted by Crippen LogP contribution is -2.13. The number of aryl methyl sites for hydroxylation is 1. The zero-order chi connectivity index (χ0) is 18.1. The fourth-order valence-electron chi connectivity index (χ4n) is 2.45. The third-order valence-electron chi connectivity index (χ3n) is 3.55. The second-order valence-electron chi connectivity index (χ2n) is 5.35. The Balaban J connectivity index is 2.01. The zero-order valence-electron chi connectivity index (χ0n) is 12.9. The van der Waals surface area contributed by atoms with E-state index >= 15 is 0 Å². The summed E-state index contributed by atoms with van der Waals surface area (Å²) in [6, 6.07) is 8.42. The predicted octanol–water partition coefficient (Wildman–Crippen LogP) is 3.98. The summed E-state index contributed by atoms with van der Waals surface area (Å²) in [5, 5.41) is 13.7. The molecule has 1 heterocycles. The first-order chi connectivity index (χ1) is 11.8. The van der Waals surface area contributed by atoms with Gasteiger partial charge in [-0.3, -0.25) is 19.9 Å². The molecule has 0 aliphatic rings. The van der Waals surface area contributed by atoms with Crippen molar-refractivity contribution in [2.24, 2.45) is 0 Å². The highest BCUT2D eigenvalue weighted by atomic mass is 19.1. The second kappa shape index (κ2) is 6.23. The van der Waals surface area contributed by atoms with Crippen LogP contribution in [0.2, 0.25) is 0 Å². The van der Waals surface area contributed by atoms with Crippen molar-refractivity contribution in [2.75, 3.05) is 5.32 Å². The number of carbonyl (C=O) groups is 1. The van der Waals surface area contributed by atoms with Crippen LogP contribution >= 0.6 is 0 Å². The van der Waals surface area contributed by atoms with Crippen LogP contribution in [0.25, 0.3) is 10.9 Å².